The number of piperidine rings is 1. The van der Waals surface area contributed by atoms with E-state index >= 15 is 0 Å². The van der Waals surface area contributed by atoms with E-state index in [0.717, 1.165) is 26.7 Å². The number of aromatic nitrogens is 3. The zero-order chi connectivity index (χ0) is 30.0. The van der Waals surface area contributed by atoms with Crippen molar-refractivity contribution in [1.82, 2.24) is 19.8 Å². The Kier molecular flexibility index (Phi) is 8.99. The largest absolute Gasteiger partial charge is 0.497 e. The Morgan fingerprint density at radius 2 is 1.88 bits per heavy atom. The van der Waals surface area contributed by atoms with Crippen molar-refractivity contribution in [3.8, 4) is 11.5 Å². The topological polar surface area (TPSA) is 82.0 Å². The summed E-state index contributed by atoms with van der Waals surface area (Å²) in [4.78, 5) is 24.0. The van der Waals surface area contributed by atoms with E-state index in [1.54, 1.807) is 23.1 Å². The molecule has 0 bridgehead atoms. The fourth-order valence-corrected chi connectivity index (χ4v) is 6.62. The van der Waals surface area contributed by atoms with Gasteiger partial charge in [-0.3, -0.25) is 9.52 Å². The lowest BCUT2D eigenvalue weighted by Crippen LogP contribution is -2.34. The van der Waals surface area contributed by atoms with Crippen molar-refractivity contribution in [1.29, 1.82) is 0 Å². The summed E-state index contributed by atoms with van der Waals surface area (Å²) >= 11 is 1.54. The number of nitrogens with zero attached hydrogens (tertiary/aromatic N) is 5. The molecular formula is C27H30F5N5O4S. The number of anilines is 1. The first-order valence-corrected chi connectivity index (χ1v) is 14.3. The summed E-state index contributed by atoms with van der Waals surface area (Å²) < 4.78 is 80.9. The van der Waals surface area contributed by atoms with E-state index in [0.29, 0.717) is 50.9 Å². The molecule has 228 valence electrons. The van der Waals surface area contributed by atoms with Crippen LogP contribution in [0.3, 0.4) is 0 Å². The minimum Gasteiger partial charge on any atom is -0.497 e. The highest BCUT2D eigenvalue weighted by molar-refractivity contribution is 7.11. The van der Waals surface area contributed by atoms with Gasteiger partial charge < -0.3 is 19.2 Å². The van der Waals surface area contributed by atoms with E-state index in [4.69, 9.17) is 14.3 Å². The zero-order valence-electron chi connectivity index (χ0n) is 23.0. The summed E-state index contributed by atoms with van der Waals surface area (Å²) in [7, 11) is 1.32. The Morgan fingerprint density at radius 3 is 2.52 bits per heavy atom. The van der Waals surface area contributed by atoms with E-state index < -0.39 is 29.3 Å². The quantitative estimate of drug-likeness (QED) is 0.225. The number of hydroxylamine groups is 2. The van der Waals surface area contributed by atoms with Crippen LogP contribution in [0.4, 0.5) is 27.6 Å². The molecule has 2 aliphatic rings. The third kappa shape index (κ3) is 6.22. The first kappa shape index (κ1) is 30.2. The highest BCUT2D eigenvalue weighted by Gasteiger charge is 2.41. The van der Waals surface area contributed by atoms with Gasteiger partial charge in [0.2, 0.25) is 0 Å². The fourth-order valence-electron chi connectivity index (χ4n) is 5.40. The van der Waals surface area contributed by atoms with Gasteiger partial charge in [-0.2, -0.15) is 23.3 Å². The Balaban J connectivity index is 1.20. The van der Waals surface area contributed by atoms with Crippen molar-refractivity contribution in [2.45, 2.75) is 50.9 Å². The maximum atomic E-state index is 14.2. The molecule has 2 aliphatic heterocycles. The van der Waals surface area contributed by atoms with Crippen molar-refractivity contribution in [2.24, 2.45) is 0 Å². The molecule has 0 saturated carbocycles. The van der Waals surface area contributed by atoms with E-state index in [2.05, 4.69) is 10.1 Å². The molecule has 1 aromatic carbocycles. The minimum atomic E-state index is -4.63. The summed E-state index contributed by atoms with van der Waals surface area (Å²) in [6.07, 6.45) is -0.388. The highest BCUT2D eigenvalue weighted by Crippen LogP contribution is 2.42. The summed E-state index contributed by atoms with van der Waals surface area (Å²) in [5.41, 5.74) is -0.634. The monoisotopic (exact) mass is 615 g/mol. The molecule has 15 heteroatoms. The van der Waals surface area contributed by atoms with Gasteiger partial charge in [-0.1, -0.05) is 0 Å². The molecule has 4 heterocycles. The minimum absolute atomic E-state index is 0.0104. The summed E-state index contributed by atoms with van der Waals surface area (Å²) in [5, 5.41) is 6.29. The second kappa shape index (κ2) is 12.5. The van der Waals surface area contributed by atoms with E-state index in [9.17, 15) is 26.7 Å². The van der Waals surface area contributed by atoms with Gasteiger partial charge in [0.05, 0.1) is 49.2 Å². The molecule has 42 heavy (non-hydrogen) atoms. The molecule has 2 saturated heterocycles. The molecule has 3 aromatic rings. The number of carbonyl (C=O) groups excluding carboxylic acids is 1. The van der Waals surface area contributed by atoms with Gasteiger partial charge in [-0.15, -0.1) is 11.3 Å². The van der Waals surface area contributed by atoms with Gasteiger partial charge in [0.1, 0.15) is 18.6 Å². The Labute approximate surface area is 242 Å². The van der Waals surface area contributed by atoms with Crippen LogP contribution < -0.4 is 14.4 Å². The molecule has 0 amide bonds. The van der Waals surface area contributed by atoms with Crippen LogP contribution in [-0.4, -0.2) is 66.1 Å². The van der Waals surface area contributed by atoms with Crippen molar-refractivity contribution in [3.05, 3.63) is 51.2 Å². The van der Waals surface area contributed by atoms with Crippen LogP contribution in [0.1, 0.15) is 52.5 Å². The molecule has 2 fully saturated rings. The normalized spacial score (nSPS) is 18.5. The molecule has 1 unspecified atom stereocenters. The maximum Gasteiger partial charge on any atom is 0.437 e. The second-order valence-electron chi connectivity index (χ2n) is 10.0. The number of rotatable bonds is 10. The Bertz CT molecular complexity index is 1380. The van der Waals surface area contributed by atoms with Gasteiger partial charge >= 0.3 is 6.18 Å². The first-order valence-electron chi connectivity index (χ1n) is 13.4. The van der Waals surface area contributed by atoms with Crippen LogP contribution in [0.25, 0.3) is 0 Å². The maximum absolute atomic E-state index is 14.2. The number of halogens is 5. The van der Waals surface area contributed by atoms with Crippen molar-refractivity contribution < 1.29 is 41.1 Å². The second-order valence-corrected chi connectivity index (χ2v) is 11.1. The number of benzene rings is 1. The number of ether oxygens (including phenoxy) is 2. The Morgan fingerprint density at radius 1 is 1.17 bits per heavy atom. The first-order chi connectivity index (χ1) is 20.1. The number of aldehydes is 1. The predicted octanol–water partition coefficient (Wildman–Crippen LogP) is 5.29. The lowest BCUT2D eigenvalue weighted by Gasteiger charge is -2.33. The third-order valence-corrected chi connectivity index (χ3v) is 8.74. The fraction of sp³-hybridized carbons (Fsp3) is 0.519. The molecule has 0 aliphatic carbocycles. The van der Waals surface area contributed by atoms with Gasteiger partial charge in [0, 0.05) is 42.2 Å². The molecule has 0 radical (unpaired) electrons. The molecule has 2 aromatic heterocycles. The smallest absolute Gasteiger partial charge is 0.437 e. The van der Waals surface area contributed by atoms with Crippen LogP contribution in [0.15, 0.2) is 18.3 Å². The van der Waals surface area contributed by atoms with Crippen LogP contribution in [0.2, 0.25) is 0 Å². The van der Waals surface area contributed by atoms with E-state index in [-0.39, 0.29) is 43.1 Å². The number of hydrogen-bond acceptors (Lipinski definition) is 9. The van der Waals surface area contributed by atoms with Crippen LogP contribution in [0.5, 0.6) is 11.5 Å². The van der Waals surface area contributed by atoms with Crippen molar-refractivity contribution >= 4 is 23.3 Å². The number of methoxy groups -OCH3 is 1. The van der Waals surface area contributed by atoms with Gasteiger partial charge in [-0.25, -0.2) is 13.8 Å². The number of hydrogen-bond donors (Lipinski definition) is 0. The lowest BCUT2D eigenvalue weighted by molar-refractivity contribution is -0.141. The van der Waals surface area contributed by atoms with Gasteiger partial charge in [0.25, 0.3) is 0 Å². The van der Waals surface area contributed by atoms with Crippen molar-refractivity contribution in [3.63, 3.8) is 0 Å². The summed E-state index contributed by atoms with van der Waals surface area (Å²) in [6, 6.07) is 1.99. The summed E-state index contributed by atoms with van der Waals surface area (Å²) in [5.74, 6) is -2.06. The van der Waals surface area contributed by atoms with Crippen LogP contribution >= 0.6 is 11.3 Å². The Hall–Kier alpha value is -3.30. The molecular weight excluding hydrogens is 585 g/mol. The van der Waals surface area contributed by atoms with Gasteiger partial charge in [0.15, 0.2) is 23.1 Å². The van der Waals surface area contributed by atoms with E-state index in [1.165, 1.54) is 18.4 Å². The zero-order valence-corrected chi connectivity index (χ0v) is 23.8. The molecule has 5 rings (SSSR count). The molecule has 0 spiro atoms. The number of alkyl halides is 3. The van der Waals surface area contributed by atoms with Gasteiger partial charge in [-0.05, 0) is 26.2 Å². The summed E-state index contributed by atoms with van der Waals surface area (Å²) in [6.45, 7) is 2.82. The lowest BCUT2D eigenvalue weighted by atomic mass is 9.97. The third-order valence-electron chi connectivity index (χ3n) is 7.48. The van der Waals surface area contributed by atoms with Crippen LogP contribution in [-0.2, 0) is 22.4 Å². The average Bonchev–Trinajstić information content (AvgIpc) is 3.69. The van der Waals surface area contributed by atoms with Crippen molar-refractivity contribution in [2.75, 3.05) is 44.9 Å². The highest BCUT2D eigenvalue weighted by atomic mass is 32.1. The SMILES string of the molecule is COc1cc(F)c(OCCN2OCCC2c2cnc(C3CCN(c4c(C(F)(F)F)nn(CC=O)c4C)CC3)s2)c(F)c1. The van der Waals surface area contributed by atoms with E-state index in [1.807, 2.05) is 0 Å². The number of carbonyl (C=O) groups is 1. The standard InChI is InChI=1S/C27H30F5N5O4S/c1-16-23(25(27(30,31)32)34-36(16)8-10-38)35-6-3-17(4-7-35)26-33-15-22(42-26)21-5-11-41-37(21)9-12-40-24-19(28)13-18(39-2)14-20(24)29/h10,13-15,17,21H,3-9,11-12H2,1-2H3. The average molecular weight is 616 g/mol. The number of thiazole rings is 1. The molecule has 0 N–H and O–H groups in total. The molecule has 1 atom stereocenters. The predicted molar refractivity (Wildman–Crippen MR) is 143 cm³/mol. The van der Waals surface area contributed by atoms with Crippen LogP contribution in [0, 0.1) is 18.6 Å². The molecule has 9 nitrogen and oxygen atoms in total.